The van der Waals surface area contributed by atoms with Crippen LogP contribution in [0.25, 0.3) is 11.5 Å². The first-order valence-electron chi connectivity index (χ1n) is 4.99. The van der Waals surface area contributed by atoms with E-state index < -0.39 is 0 Å². The lowest BCUT2D eigenvalue weighted by Gasteiger charge is -2.09. The number of hydrogen-bond acceptors (Lipinski definition) is 6. The van der Waals surface area contributed by atoms with Crippen molar-refractivity contribution >= 4 is 17.2 Å². The molecule has 0 amide bonds. The predicted molar refractivity (Wildman–Crippen MR) is 65.1 cm³/mol. The maximum Gasteiger partial charge on any atom is 0.181 e. The number of thiazole rings is 1. The quantitative estimate of drug-likeness (QED) is 0.626. The molecule has 0 fully saturated rings. The van der Waals surface area contributed by atoms with Gasteiger partial charge < -0.3 is 5.43 Å². The summed E-state index contributed by atoms with van der Waals surface area (Å²) < 4.78 is 0. The van der Waals surface area contributed by atoms with Crippen LogP contribution in [-0.2, 0) is 6.42 Å². The molecule has 0 unspecified atom stereocenters. The molecule has 6 heteroatoms. The Morgan fingerprint density at radius 2 is 2.25 bits per heavy atom. The van der Waals surface area contributed by atoms with E-state index in [1.807, 2.05) is 12.3 Å². The zero-order chi connectivity index (χ0) is 11.5. The predicted octanol–water partition coefficient (Wildman–Crippen LogP) is 1.76. The summed E-state index contributed by atoms with van der Waals surface area (Å²) >= 11 is 1.52. The van der Waals surface area contributed by atoms with Gasteiger partial charge in [-0.25, -0.2) is 20.8 Å². The fraction of sp³-hybridized carbons (Fsp3) is 0.300. The molecule has 3 N–H and O–H groups in total. The standard InChI is InChI=1S/C10H13N5S/c1-3-7-6(2)9(15-11)14-10(13-7)8-4-16-5-12-8/h4-5H,3,11H2,1-2H3,(H,13,14,15). The lowest BCUT2D eigenvalue weighted by molar-refractivity contribution is 0.969. The summed E-state index contributed by atoms with van der Waals surface area (Å²) in [6.45, 7) is 4.01. The number of aromatic nitrogens is 3. The summed E-state index contributed by atoms with van der Waals surface area (Å²) in [6, 6.07) is 0. The van der Waals surface area contributed by atoms with Crippen molar-refractivity contribution in [2.45, 2.75) is 20.3 Å². The first-order valence-corrected chi connectivity index (χ1v) is 5.93. The highest BCUT2D eigenvalue weighted by molar-refractivity contribution is 7.07. The topological polar surface area (TPSA) is 76.7 Å². The second-order valence-electron chi connectivity index (χ2n) is 3.34. The van der Waals surface area contributed by atoms with Gasteiger partial charge in [-0.05, 0) is 13.3 Å². The molecule has 16 heavy (non-hydrogen) atoms. The van der Waals surface area contributed by atoms with E-state index in [-0.39, 0.29) is 0 Å². The zero-order valence-corrected chi connectivity index (χ0v) is 10.0. The molecular formula is C10H13N5S. The van der Waals surface area contributed by atoms with Gasteiger partial charge in [-0.3, -0.25) is 0 Å². The van der Waals surface area contributed by atoms with Gasteiger partial charge in [0.15, 0.2) is 5.82 Å². The van der Waals surface area contributed by atoms with E-state index in [9.17, 15) is 0 Å². The second-order valence-corrected chi connectivity index (χ2v) is 4.06. The van der Waals surface area contributed by atoms with Gasteiger partial charge >= 0.3 is 0 Å². The number of anilines is 1. The van der Waals surface area contributed by atoms with Gasteiger partial charge in [0.2, 0.25) is 0 Å². The molecule has 0 radical (unpaired) electrons. The average Bonchev–Trinajstić information content (AvgIpc) is 2.83. The van der Waals surface area contributed by atoms with Gasteiger partial charge in [0.25, 0.3) is 0 Å². The first-order chi connectivity index (χ1) is 7.76. The van der Waals surface area contributed by atoms with Crippen LogP contribution in [0.1, 0.15) is 18.2 Å². The number of rotatable bonds is 3. The highest BCUT2D eigenvalue weighted by atomic mass is 32.1. The molecule has 0 atom stereocenters. The molecule has 0 spiro atoms. The Morgan fingerprint density at radius 1 is 1.44 bits per heavy atom. The van der Waals surface area contributed by atoms with Crippen molar-refractivity contribution in [1.29, 1.82) is 0 Å². The lowest BCUT2D eigenvalue weighted by atomic mass is 10.2. The highest BCUT2D eigenvalue weighted by Crippen LogP contribution is 2.21. The van der Waals surface area contributed by atoms with Crippen molar-refractivity contribution in [1.82, 2.24) is 15.0 Å². The molecule has 0 aromatic carbocycles. The van der Waals surface area contributed by atoms with E-state index in [2.05, 4.69) is 27.3 Å². The Hall–Kier alpha value is -1.53. The van der Waals surface area contributed by atoms with E-state index in [4.69, 9.17) is 5.84 Å². The van der Waals surface area contributed by atoms with Crippen LogP contribution in [0.2, 0.25) is 0 Å². The van der Waals surface area contributed by atoms with Gasteiger partial charge in [-0.1, -0.05) is 6.92 Å². The third-order valence-corrected chi connectivity index (χ3v) is 2.97. The van der Waals surface area contributed by atoms with E-state index in [1.54, 1.807) is 5.51 Å². The van der Waals surface area contributed by atoms with Crippen molar-refractivity contribution in [3.63, 3.8) is 0 Å². The molecule has 0 saturated carbocycles. The van der Waals surface area contributed by atoms with Crippen LogP contribution in [-0.4, -0.2) is 15.0 Å². The normalized spacial score (nSPS) is 10.4. The summed E-state index contributed by atoms with van der Waals surface area (Å²) in [4.78, 5) is 13.0. The van der Waals surface area contributed by atoms with Crippen LogP contribution in [0.3, 0.4) is 0 Å². The molecule has 84 valence electrons. The molecule has 2 aromatic heterocycles. The molecule has 2 rings (SSSR count). The Labute approximate surface area is 97.7 Å². The molecule has 0 aliphatic heterocycles. The van der Waals surface area contributed by atoms with E-state index in [1.165, 1.54) is 11.3 Å². The largest absolute Gasteiger partial charge is 0.308 e. The van der Waals surface area contributed by atoms with Gasteiger partial charge in [-0.15, -0.1) is 11.3 Å². The van der Waals surface area contributed by atoms with Crippen molar-refractivity contribution in [3.05, 3.63) is 22.1 Å². The fourth-order valence-electron chi connectivity index (χ4n) is 1.49. The second kappa shape index (κ2) is 4.54. The summed E-state index contributed by atoms with van der Waals surface area (Å²) in [5.74, 6) is 6.72. The molecule has 0 aliphatic rings. The Morgan fingerprint density at radius 3 is 2.81 bits per heavy atom. The minimum Gasteiger partial charge on any atom is -0.308 e. The lowest BCUT2D eigenvalue weighted by Crippen LogP contribution is -2.13. The number of nitrogens with zero attached hydrogens (tertiary/aromatic N) is 3. The minimum absolute atomic E-state index is 0.622. The van der Waals surface area contributed by atoms with Crippen LogP contribution in [0.15, 0.2) is 10.9 Å². The van der Waals surface area contributed by atoms with Crippen molar-refractivity contribution in [2.75, 3.05) is 5.43 Å². The summed E-state index contributed by atoms with van der Waals surface area (Å²) in [7, 11) is 0. The molecule has 2 heterocycles. The third-order valence-electron chi connectivity index (χ3n) is 2.38. The number of nitrogens with two attached hydrogens (primary N) is 1. The van der Waals surface area contributed by atoms with Crippen LogP contribution in [0.4, 0.5) is 5.82 Å². The molecule has 0 bridgehead atoms. The maximum absolute atomic E-state index is 5.44. The SMILES string of the molecule is CCc1nc(-c2cscn2)nc(NN)c1C. The van der Waals surface area contributed by atoms with E-state index in [0.717, 1.165) is 23.4 Å². The van der Waals surface area contributed by atoms with Crippen molar-refractivity contribution < 1.29 is 0 Å². The summed E-state index contributed by atoms with van der Waals surface area (Å²) in [6.07, 6.45) is 0.847. The minimum atomic E-state index is 0.622. The number of nitrogens with one attached hydrogen (secondary N) is 1. The molecule has 5 nitrogen and oxygen atoms in total. The molecule has 0 aliphatic carbocycles. The summed E-state index contributed by atoms with van der Waals surface area (Å²) in [5.41, 5.74) is 7.13. The molecular weight excluding hydrogens is 222 g/mol. The number of aryl methyl sites for hydroxylation is 1. The van der Waals surface area contributed by atoms with Gasteiger partial charge in [0.05, 0.1) is 5.51 Å². The van der Waals surface area contributed by atoms with Gasteiger partial charge in [0.1, 0.15) is 11.5 Å². The molecule has 2 aromatic rings. The van der Waals surface area contributed by atoms with Crippen LogP contribution in [0.5, 0.6) is 0 Å². The Kier molecular flexibility index (Phi) is 3.12. The first kappa shape index (κ1) is 11.0. The molecule has 0 saturated heterocycles. The Balaban J connectivity index is 2.56. The number of hydrogen-bond donors (Lipinski definition) is 2. The van der Waals surface area contributed by atoms with E-state index >= 15 is 0 Å². The van der Waals surface area contributed by atoms with Crippen LogP contribution < -0.4 is 11.3 Å². The highest BCUT2D eigenvalue weighted by Gasteiger charge is 2.11. The van der Waals surface area contributed by atoms with Crippen LogP contribution >= 0.6 is 11.3 Å². The van der Waals surface area contributed by atoms with Crippen molar-refractivity contribution in [3.8, 4) is 11.5 Å². The number of hydrazine groups is 1. The third kappa shape index (κ3) is 1.89. The fourth-order valence-corrected chi connectivity index (χ4v) is 2.02. The number of nitrogen functional groups attached to an aromatic ring is 1. The van der Waals surface area contributed by atoms with Crippen LogP contribution in [0, 0.1) is 6.92 Å². The van der Waals surface area contributed by atoms with Crippen molar-refractivity contribution in [2.24, 2.45) is 5.84 Å². The zero-order valence-electron chi connectivity index (χ0n) is 9.19. The van der Waals surface area contributed by atoms with Gasteiger partial charge in [-0.2, -0.15) is 0 Å². The monoisotopic (exact) mass is 235 g/mol. The maximum atomic E-state index is 5.44. The smallest absolute Gasteiger partial charge is 0.181 e. The average molecular weight is 235 g/mol. The van der Waals surface area contributed by atoms with E-state index in [0.29, 0.717) is 11.6 Å². The Bertz CT molecular complexity index is 455. The van der Waals surface area contributed by atoms with Gasteiger partial charge in [0, 0.05) is 16.6 Å². The summed E-state index contributed by atoms with van der Waals surface area (Å²) in [5, 5.41) is 1.92.